The summed E-state index contributed by atoms with van der Waals surface area (Å²) in [7, 11) is 1.31. The van der Waals surface area contributed by atoms with E-state index in [1.807, 2.05) is 0 Å². The quantitative estimate of drug-likeness (QED) is 0.666. The smallest absolute Gasteiger partial charge is 0.337 e. The molecule has 0 aliphatic heterocycles. The number of halogens is 1. The van der Waals surface area contributed by atoms with Gasteiger partial charge in [-0.05, 0) is 37.3 Å². The van der Waals surface area contributed by atoms with E-state index in [-0.39, 0.29) is 5.82 Å². The van der Waals surface area contributed by atoms with E-state index in [1.54, 1.807) is 31.2 Å². The van der Waals surface area contributed by atoms with Gasteiger partial charge in [0.05, 0.1) is 24.0 Å². The van der Waals surface area contributed by atoms with Crippen LogP contribution in [-0.2, 0) is 4.74 Å². The van der Waals surface area contributed by atoms with Crippen molar-refractivity contribution in [3.8, 4) is 0 Å². The van der Waals surface area contributed by atoms with Gasteiger partial charge in [-0.3, -0.25) is 0 Å². The minimum atomic E-state index is -0.454. The van der Waals surface area contributed by atoms with Gasteiger partial charge in [-0.25, -0.2) is 9.18 Å². The fraction of sp³-hybridized carbons (Fsp3) is 0.133. The van der Waals surface area contributed by atoms with Crippen molar-refractivity contribution in [2.75, 3.05) is 18.2 Å². The van der Waals surface area contributed by atoms with E-state index in [2.05, 4.69) is 10.1 Å². The van der Waals surface area contributed by atoms with Crippen LogP contribution < -0.4 is 11.1 Å². The Kier molecular flexibility index (Phi) is 3.89. The van der Waals surface area contributed by atoms with E-state index in [4.69, 9.17) is 5.73 Å². The summed E-state index contributed by atoms with van der Waals surface area (Å²) in [5.74, 6) is -0.745. The lowest BCUT2D eigenvalue weighted by Crippen LogP contribution is -2.04. The van der Waals surface area contributed by atoms with Crippen LogP contribution in [0.15, 0.2) is 36.4 Å². The molecule has 0 fully saturated rings. The van der Waals surface area contributed by atoms with Gasteiger partial charge in [0.2, 0.25) is 0 Å². The zero-order chi connectivity index (χ0) is 14.7. The van der Waals surface area contributed by atoms with Crippen molar-refractivity contribution in [3.63, 3.8) is 0 Å². The third kappa shape index (κ3) is 2.71. The van der Waals surface area contributed by atoms with Crippen LogP contribution in [0.3, 0.4) is 0 Å². The highest BCUT2D eigenvalue weighted by Crippen LogP contribution is 2.27. The maximum absolute atomic E-state index is 13.5. The highest BCUT2D eigenvalue weighted by molar-refractivity contribution is 5.92. The van der Waals surface area contributed by atoms with Crippen LogP contribution in [0.25, 0.3) is 0 Å². The molecule has 5 heteroatoms. The molecular formula is C15H15FN2O2. The first-order chi connectivity index (χ1) is 9.52. The second-order valence-corrected chi connectivity index (χ2v) is 4.33. The zero-order valence-electron chi connectivity index (χ0n) is 11.2. The predicted molar refractivity (Wildman–Crippen MR) is 76.6 cm³/mol. The molecule has 0 aliphatic rings. The molecule has 0 spiro atoms. The topological polar surface area (TPSA) is 64.3 Å². The molecule has 0 heterocycles. The summed E-state index contributed by atoms with van der Waals surface area (Å²) < 4.78 is 18.1. The number of rotatable bonds is 3. The number of nitrogens with one attached hydrogen (secondary N) is 1. The summed E-state index contributed by atoms with van der Waals surface area (Å²) in [6.45, 7) is 1.68. The van der Waals surface area contributed by atoms with Crippen LogP contribution >= 0.6 is 0 Å². The number of methoxy groups -OCH3 is 1. The lowest BCUT2D eigenvalue weighted by molar-refractivity contribution is 0.0601. The van der Waals surface area contributed by atoms with Crippen LogP contribution in [0, 0.1) is 12.7 Å². The van der Waals surface area contributed by atoms with E-state index in [9.17, 15) is 9.18 Å². The molecule has 0 saturated heterocycles. The summed E-state index contributed by atoms with van der Waals surface area (Å²) in [4.78, 5) is 11.4. The van der Waals surface area contributed by atoms with Gasteiger partial charge in [0.1, 0.15) is 5.82 Å². The van der Waals surface area contributed by atoms with Crippen molar-refractivity contribution in [2.45, 2.75) is 6.92 Å². The summed E-state index contributed by atoms with van der Waals surface area (Å²) in [6, 6.07) is 9.54. The number of carbonyl (C=O) groups is 1. The molecule has 0 bridgehead atoms. The fourth-order valence-electron chi connectivity index (χ4n) is 1.81. The van der Waals surface area contributed by atoms with Gasteiger partial charge in [0.25, 0.3) is 0 Å². The molecular weight excluding hydrogens is 259 g/mol. The third-order valence-corrected chi connectivity index (χ3v) is 3.01. The normalized spacial score (nSPS) is 10.2. The summed E-state index contributed by atoms with van der Waals surface area (Å²) in [5.41, 5.74) is 8.37. The van der Waals surface area contributed by atoms with Crippen molar-refractivity contribution < 1.29 is 13.9 Å². The lowest BCUT2D eigenvalue weighted by atomic mass is 10.1. The number of benzene rings is 2. The van der Waals surface area contributed by atoms with E-state index in [1.165, 1.54) is 19.2 Å². The number of nitrogens with two attached hydrogens (primary N) is 1. The fourth-order valence-corrected chi connectivity index (χ4v) is 1.81. The number of anilines is 3. The molecule has 0 atom stereocenters. The molecule has 0 aromatic heterocycles. The zero-order valence-corrected chi connectivity index (χ0v) is 11.2. The first-order valence-electron chi connectivity index (χ1n) is 6.03. The number of carbonyl (C=O) groups excluding carboxylic acids is 1. The minimum Gasteiger partial charge on any atom is -0.465 e. The molecule has 0 aliphatic carbocycles. The molecule has 0 radical (unpaired) electrons. The van der Waals surface area contributed by atoms with Gasteiger partial charge < -0.3 is 15.8 Å². The summed E-state index contributed by atoms with van der Waals surface area (Å²) >= 11 is 0. The highest BCUT2D eigenvalue weighted by Gasteiger charge is 2.09. The van der Waals surface area contributed by atoms with Crippen molar-refractivity contribution in [2.24, 2.45) is 0 Å². The monoisotopic (exact) mass is 274 g/mol. The molecule has 0 saturated carbocycles. The molecule has 104 valence electrons. The third-order valence-electron chi connectivity index (χ3n) is 3.01. The molecule has 2 aromatic rings. The molecule has 20 heavy (non-hydrogen) atoms. The van der Waals surface area contributed by atoms with E-state index >= 15 is 0 Å². The van der Waals surface area contributed by atoms with Gasteiger partial charge in [-0.1, -0.05) is 6.07 Å². The largest absolute Gasteiger partial charge is 0.465 e. The predicted octanol–water partition coefficient (Wildman–Crippen LogP) is 3.25. The molecule has 2 rings (SSSR count). The number of nitrogen functional groups attached to an aromatic ring is 1. The Hall–Kier alpha value is -2.56. The molecule has 0 unspecified atom stereocenters. The Labute approximate surface area is 116 Å². The van der Waals surface area contributed by atoms with E-state index in [0.29, 0.717) is 28.2 Å². The van der Waals surface area contributed by atoms with Gasteiger partial charge in [-0.2, -0.15) is 0 Å². The Bertz CT molecular complexity index is 656. The number of hydrogen-bond donors (Lipinski definition) is 2. The van der Waals surface area contributed by atoms with Gasteiger partial charge in [0, 0.05) is 11.3 Å². The molecule has 3 N–H and O–H groups in total. The second kappa shape index (κ2) is 5.61. The van der Waals surface area contributed by atoms with Crippen molar-refractivity contribution in [1.82, 2.24) is 0 Å². The van der Waals surface area contributed by atoms with Crippen LogP contribution in [0.4, 0.5) is 21.5 Å². The Morgan fingerprint density at radius 2 is 2.00 bits per heavy atom. The number of hydrogen-bond acceptors (Lipinski definition) is 4. The minimum absolute atomic E-state index is 0.292. The summed E-state index contributed by atoms with van der Waals surface area (Å²) in [5, 5.41) is 3.05. The maximum Gasteiger partial charge on any atom is 0.337 e. The van der Waals surface area contributed by atoms with Gasteiger partial charge in [-0.15, -0.1) is 0 Å². The Morgan fingerprint density at radius 1 is 1.25 bits per heavy atom. The van der Waals surface area contributed by atoms with Crippen molar-refractivity contribution >= 4 is 23.0 Å². The average Bonchev–Trinajstić information content (AvgIpc) is 2.45. The maximum atomic E-state index is 13.5. The summed E-state index contributed by atoms with van der Waals surface area (Å²) in [6.07, 6.45) is 0. The van der Waals surface area contributed by atoms with Gasteiger partial charge in [0.15, 0.2) is 0 Å². The van der Waals surface area contributed by atoms with Crippen LogP contribution in [0.1, 0.15) is 15.9 Å². The molecule has 0 amide bonds. The Morgan fingerprint density at radius 3 is 2.65 bits per heavy atom. The van der Waals surface area contributed by atoms with Crippen LogP contribution in [0.2, 0.25) is 0 Å². The van der Waals surface area contributed by atoms with Crippen molar-refractivity contribution in [1.29, 1.82) is 0 Å². The molecule has 4 nitrogen and oxygen atoms in total. The SMILES string of the molecule is COC(=O)c1ccc(Nc2cccc(F)c2C)c(N)c1. The highest BCUT2D eigenvalue weighted by atomic mass is 19.1. The van der Waals surface area contributed by atoms with Crippen LogP contribution in [-0.4, -0.2) is 13.1 Å². The van der Waals surface area contributed by atoms with Crippen LogP contribution in [0.5, 0.6) is 0 Å². The standard InChI is InChI=1S/C15H15FN2O2/c1-9-11(16)4-3-5-13(9)18-14-7-6-10(8-12(14)17)15(19)20-2/h3-8,18H,17H2,1-2H3. The van der Waals surface area contributed by atoms with Crippen molar-refractivity contribution in [3.05, 3.63) is 53.3 Å². The Balaban J connectivity index is 2.30. The first-order valence-corrected chi connectivity index (χ1v) is 6.03. The molecule has 2 aromatic carbocycles. The lowest BCUT2D eigenvalue weighted by Gasteiger charge is -2.13. The first kappa shape index (κ1) is 13.9. The average molecular weight is 274 g/mol. The van der Waals surface area contributed by atoms with E-state index in [0.717, 1.165) is 0 Å². The number of esters is 1. The van der Waals surface area contributed by atoms with E-state index < -0.39 is 5.97 Å². The number of ether oxygens (including phenoxy) is 1. The second-order valence-electron chi connectivity index (χ2n) is 4.33. The van der Waals surface area contributed by atoms with Gasteiger partial charge >= 0.3 is 5.97 Å².